The molecule has 0 aromatic heterocycles. The minimum absolute atomic E-state index is 0. The van der Waals surface area contributed by atoms with Crippen molar-refractivity contribution >= 4 is 35.8 Å². The van der Waals surface area contributed by atoms with Gasteiger partial charge >= 0.3 is 0 Å². The molecular formula is C14H23ClN2OS. The van der Waals surface area contributed by atoms with E-state index in [0.717, 1.165) is 12.8 Å². The monoisotopic (exact) mass is 302 g/mol. The average Bonchev–Trinajstić information content (AvgIpc) is 2.41. The number of nitrogen functional groups attached to an aromatic ring is 1. The molecule has 1 rings (SSSR count). The van der Waals surface area contributed by atoms with Crippen LogP contribution in [-0.4, -0.2) is 23.5 Å². The second-order valence-electron chi connectivity index (χ2n) is 4.40. The third-order valence-corrected chi connectivity index (χ3v) is 5.05. The van der Waals surface area contributed by atoms with Gasteiger partial charge in [-0.05, 0) is 43.4 Å². The van der Waals surface area contributed by atoms with E-state index in [0.29, 0.717) is 17.8 Å². The average molecular weight is 303 g/mol. The predicted molar refractivity (Wildman–Crippen MR) is 87.3 cm³/mol. The number of benzene rings is 1. The molecule has 3 N–H and O–H groups in total. The van der Waals surface area contributed by atoms with Gasteiger partial charge in [0.15, 0.2) is 0 Å². The Balaban J connectivity index is 0.00000324. The molecule has 0 spiro atoms. The Morgan fingerprint density at radius 3 is 2.21 bits per heavy atom. The van der Waals surface area contributed by atoms with E-state index in [1.54, 1.807) is 24.3 Å². The van der Waals surface area contributed by atoms with Gasteiger partial charge in [0.25, 0.3) is 5.91 Å². The van der Waals surface area contributed by atoms with Gasteiger partial charge < -0.3 is 11.1 Å². The van der Waals surface area contributed by atoms with E-state index in [2.05, 4.69) is 25.4 Å². The summed E-state index contributed by atoms with van der Waals surface area (Å²) >= 11 is 1.82. The maximum Gasteiger partial charge on any atom is 0.251 e. The first kappa shape index (κ1) is 18.1. The first-order valence-electron chi connectivity index (χ1n) is 6.25. The lowest BCUT2D eigenvalue weighted by Gasteiger charge is -2.29. The summed E-state index contributed by atoms with van der Waals surface area (Å²) in [6, 6.07) is 7.00. The number of carbonyl (C=O) groups excluding carboxylic acids is 1. The van der Waals surface area contributed by atoms with E-state index in [9.17, 15) is 4.79 Å². The lowest BCUT2D eigenvalue weighted by molar-refractivity contribution is 0.0949. The Morgan fingerprint density at radius 2 is 1.79 bits per heavy atom. The number of nitrogens with one attached hydrogen (secondary N) is 1. The van der Waals surface area contributed by atoms with Crippen LogP contribution in [0.5, 0.6) is 0 Å². The van der Waals surface area contributed by atoms with Crippen LogP contribution in [0.3, 0.4) is 0 Å². The molecule has 3 nitrogen and oxygen atoms in total. The zero-order valence-electron chi connectivity index (χ0n) is 11.7. The van der Waals surface area contributed by atoms with Gasteiger partial charge in [-0.2, -0.15) is 11.8 Å². The fraction of sp³-hybridized carbons (Fsp3) is 0.500. The molecule has 5 heteroatoms. The summed E-state index contributed by atoms with van der Waals surface area (Å²) in [4.78, 5) is 12.0. The predicted octanol–water partition coefficient (Wildman–Crippen LogP) is 3.34. The smallest absolute Gasteiger partial charge is 0.251 e. The van der Waals surface area contributed by atoms with Crippen LogP contribution in [0.4, 0.5) is 5.69 Å². The van der Waals surface area contributed by atoms with Crippen LogP contribution in [-0.2, 0) is 0 Å². The Kier molecular flexibility index (Phi) is 7.95. The highest BCUT2D eigenvalue weighted by Crippen LogP contribution is 2.29. The van der Waals surface area contributed by atoms with Crippen molar-refractivity contribution in [3.05, 3.63) is 29.8 Å². The zero-order valence-corrected chi connectivity index (χ0v) is 13.4. The number of halogens is 1. The molecule has 0 aliphatic rings. The Bertz CT molecular complexity index is 383. The molecule has 108 valence electrons. The molecule has 0 atom stereocenters. The minimum atomic E-state index is -0.0321. The highest BCUT2D eigenvalue weighted by Gasteiger charge is 2.25. The molecule has 0 aliphatic heterocycles. The third kappa shape index (κ3) is 4.96. The van der Waals surface area contributed by atoms with Crippen LogP contribution in [0.25, 0.3) is 0 Å². The van der Waals surface area contributed by atoms with Crippen molar-refractivity contribution in [3.8, 4) is 0 Å². The van der Waals surface area contributed by atoms with Crippen molar-refractivity contribution < 1.29 is 4.79 Å². The number of thioether (sulfide) groups is 1. The van der Waals surface area contributed by atoms with E-state index in [1.807, 2.05) is 11.8 Å². The second kappa shape index (κ2) is 8.33. The molecule has 1 aromatic rings. The van der Waals surface area contributed by atoms with Gasteiger partial charge in [0.2, 0.25) is 0 Å². The maximum atomic E-state index is 12.0. The molecular weight excluding hydrogens is 280 g/mol. The lowest BCUT2D eigenvalue weighted by atomic mass is 10.0. The van der Waals surface area contributed by atoms with Crippen molar-refractivity contribution in [2.75, 3.05) is 18.5 Å². The van der Waals surface area contributed by atoms with Crippen molar-refractivity contribution in [2.24, 2.45) is 0 Å². The number of hydrogen-bond acceptors (Lipinski definition) is 3. The van der Waals surface area contributed by atoms with Gasteiger partial charge in [-0.15, -0.1) is 12.4 Å². The molecule has 0 saturated carbocycles. The zero-order chi connectivity index (χ0) is 13.6. The molecule has 0 unspecified atom stereocenters. The molecule has 0 fully saturated rings. The van der Waals surface area contributed by atoms with Gasteiger partial charge in [-0.1, -0.05) is 13.8 Å². The number of nitrogens with two attached hydrogens (primary N) is 1. The number of carbonyl (C=O) groups is 1. The van der Waals surface area contributed by atoms with Gasteiger partial charge in [-0.3, -0.25) is 4.79 Å². The molecule has 1 aromatic carbocycles. The van der Waals surface area contributed by atoms with Gasteiger partial charge in [0, 0.05) is 22.5 Å². The fourth-order valence-electron chi connectivity index (χ4n) is 1.84. The van der Waals surface area contributed by atoms with Crippen LogP contribution in [0.15, 0.2) is 24.3 Å². The van der Waals surface area contributed by atoms with Crippen molar-refractivity contribution in [1.29, 1.82) is 0 Å². The van der Waals surface area contributed by atoms with Crippen molar-refractivity contribution in [3.63, 3.8) is 0 Å². The number of hydrogen-bond donors (Lipinski definition) is 2. The molecule has 0 radical (unpaired) electrons. The summed E-state index contributed by atoms with van der Waals surface area (Å²) in [7, 11) is 0. The number of rotatable bonds is 6. The van der Waals surface area contributed by atoms with E-state index >= 15 is 0 Å². The van der Waals surface area contributed by atoms with Gasteiger partial charge in [0.1, 0.15) is 0 Å². The van der Waals surface area contributed by atoms with Crippen LogP contribution in [0.1, 0.15) is 37.0 Å². The fourth-order valence-corrected chi connectivity index (χ4v) is 2.63. The summed E-state index contributed by atoms with van der Waals surface area (Å²) in [6.45, 7) is 5.02. The van der Waals surface area contributed by atoms with Crippen molar-refractivity contribution in [1.82, 2.24) is 5.32 Å². The summed E-state index contributed by atoms with van der Waals surface area (Å²) in [5, 5.41) is 3.01. The van der Waals surface area contributed by atoms with E-state index in [1.165, 1.54) is 0 Å². The molecule has 0 bridgehead atoms. The Morgan fingerprint density at radius 1 is 1.26 bits per heavy atom. The second-order valence-corrected chi connectivity index (χ2v) is 5.67. The highest BCUT2D eigenvalue weighted by atomic mass is 35.5. The lowest BCUT2D eigenvalue weighted by Crippen LogP contribution is -2.39. The minimum Gasteiger partial charge on any atom is -0.399 e. The summed E-state index contributed by atoms with van der Waals surface area (Å²) in [5.74, 6) is -0.0321. The third-order valence-electron chi connectivity index (χ3n) is 3.47. The topological polar surface area (TPSA) is 55.1 Å². The SMILES string of the molecule is CCC(CC)(CNC(=O)c1ccc(N)cc1)SC.Cl. The van der Waals surface area contributed by atoms with Crippen LogP contribution in [0, 0.1) is 0 Å². The molecule has 0 saturated heterocycles. The quantitative estimate of drug-likeness (QED) is 0.792. The normalized spacial score (nSPS) is 10.7. The summed E-state index contributed by atoms with van der Waals surface area (Å²) in [5.41, 5.74) is 6.93. The van der Waals surface area contributed by atoms with Crippen LogP contribution >= 0.6 is 24.2 Å². The molecule has 0 heterocycles. The standard InChI is InChI=1S/C14H22N2OS.ClH/c1-4-14(5-2,18-3)10-16-13(17)11-6-8-12(15)9-7-11;/h6-9H,4-5,10,15H2,1-3H3,(H,16,17);1H. The van der Waals surface area contributed by atoms with E-state index in [4.69, 9.17) is 5.73 Å². The van der Waals surface area contributed by atoms with Gasteiger partial charge in [0.05, 0.1) is 0 Å². The molecule has 19 heavy (non-hydrogen) atoms. The van der Waals surface area contributed by atoms with E-state index in [-0.39, 0.29) is 23.1 Å². The van der Waals surface area contributed by atoms with Crippen LogP contribution in [0.2, 0.25) is 0 Å². The largest absolute Gasteiger partial charge is 0.399 e. The van der Waals surface area contributed by atoms with Gasteiger partial charge in [-0.25, -0.2) is 0 Å². The summed E-state index contributed by atoms with van der Waals surface area (Å²) in [6.07, 6.45) is 4.20. The Labute approximate surface area is 126 Å². The molecule has 0 aliphatic carbocycles. The van der Waals surface area contributed by atoms with Crippen LogP contribution < -0.4 is 11.1 Å². The first-order chi connectivity index (χ1) is 8.56. The maximum absolute atomic E-state index is 12.0. The number of amides is 1. The molecule has 1 amide bonds. The summed E-state index contributed by atoms with van der Waals surface area (Å²) < 4.78 is 0.142. The number of anilines is 1. The Hall–Kier alpha value is -0.870. The first-order valence-corrected chi connectivity index (χ1v) is 7.48. The highest BCUT2D eigenvalue weighted by molar-refractivity contribution is 8.00. The van der Waals surface area contributed by atoms with Crippen molar-refractivity contribution in [2.45, 2.75) is 31.4 Å². The van der Waals surface area contributed by atoms with E-state index < -0.39 is 0 Å².